The van der Waals surface area contributed by atoms with Crippen LogP contribution in [0.25, 0.3) is 77.5 Å². The quantitative estimate of drug-likeness (QED) is 0.179. The van der Waals surface area contributed by atoms with Gasteiger partial charge in [-0.2, -0.15) is 0 Å². The summed E-state index contributed by atoms with van der Waals surface area (Å²) < 4.78 is 13.4. The number of furan rings is 1. The molecule has 0 atom stereocenters. The number of hydrogen-bond donors (Lipinski definition) is 0. The maximum Gasteiger partial charge on any atom is 0.227 e. The van der Waals surface area contributed by atoms with E-state index in [4.69, 9.17) is 13.8 Å². The van der Waals surface area contributed by atoms with Crippen LogP contribution in [0.2, 0.25) is 0 Å². The summed E-state index contributed by atoms with van der Waals surface area (Å²) in [6.45, 7) is 0. The normalized spacial score (nSPS) is 11.5. The van der Waals surface area contributed by atoms with Crippen LogP contribution < -0.4 is 4.90 Å². The molecule has 10 rings (SSSR count). The van der Waals surface area contributed by atoms with E-state index in [0.29, 0.717) is 11.5 Å². The van der Waals surface area contributed by atoms with Crippen LogP contribution in [0.5, 0.6) is 0 Å². The van der Waals surface area contributed by atoms with Crippen LogP contribution >= 0.6 is 0 Å². The summed E-state index contributed by atoms with van der Waals surface area (Å²) in [6, 6.07) is 63.2. The minimum atomic E-state index is 0.573. The van der Waals surface area contributed by atoms with Crippen molar-refractivity contribution in [2.45, 2.75) is 0 Å². The topological polar surface area (TPSA) is 42.4 Å². The van der Waals surface area contributed by atoms with Gasteiger partial charge in [-0.25, -0.2) is 4.98 Å². The van der Waals surface area contributed by atoms with Crippen LogP contribution in [0.3, 0.4) is 0 Å². The fourth-order valence-corrected chi connectivity index (χ4v) is 7.33. The summed E-state index contributed by atoms with van der Waals surface area (Å²) in [5.41, 5.74) is 11.4. The van der Waals surface area contributed by atoms with E-state index in [2.05, 4.69) is 132 Å². The SMILES string of the molecule is c1ccc(-c2ccc(N(c3ccccc3-c3cccc4ccccc34)c3cc4oc(-c5ccccc5)nc4c4c3oc3ccccc34)cc2)cc1. The molecule has 0 aliphatic heterocycles. The second kappa shape index (κ2) is 11.9. The molecule has 0 bridgehead atoms. The van der Waals surface area contributed by atoms with Crippen LogP contribution in [-0.4, -0.2) is 4.98 Å². The number of nitrogens with zero attached hydrogens (tertiary/aromatic N) is 2. The molecule has 0 saturated heterocycles. The maximum absolute atomic E-state index is 6.82. The number of hydrogen-bond acceptors (Lipinski definition) is 4. The first-order valence-electron chi connectivity index (χ1n) is 17.1. The molecule has 2 aromatic heterocycles. The average molecular weight is 655 g/mol. The van der Waals surface area contributed by atoms with Crippen molar-refractivity contribution < 1.29 is 8.83 Å². The summed E-state index contributed by atoms with van der Waals surface area (Å²) in [4.78, 5) is 7.38. The van der Waals surface area contributed by atoms with Crippen molar-refractivity contribution in [1.29, 1.82) is 0 Å². The number of aromatic nitrogens is 1. The Kier molecular flexibility index (Phi) is 6.78. The summed E-state index contributed by atoms with van der Waals surface area (Å²) in [5.74, 6) is 0.573. The van der Waals surface area contributed by atoms with Crippen molar-refractivity contribution in [3.05, 3.63) is 182 Å². The van der Waals surface area contributed by atoms with E-state index < -0.39 is 0 Å². The van der Waals surface area contributed by atoms with Gasteiger partial charge in [0.25, 0.3) is 0 Å². The third-order valence-corrected chi connectivity index (χ3v) is 9.71. The molecule has 0 aliphatic carbocycles. The minimum absolute atomic E-state index is 0.573. The van der Waals surface area contributed by atoms with E-state index in [1.807, 2.05) is 54.6 Å². The van der Waals surface area contributed by atoms with Crippen LogP contribution in [0, 0.1) is 0 Å². The standard InChI is InChI=1S/C47H30N2O2/c1-3-14-31(15-4-1)32-26-28-35(29-27-32)49(40-24-11-9-21-38(40)37-23-13-19-33-16-7-8-20-36(33)37)41-30-43-45(48-47(51-43)34-17-5-2-6-18-34)44-39-22-10-12-25-42(39)50-46(41)44/h1-30H. The van der Waals surface area contributed by atoms with Crippen LogP contribution in [-0.2, 0) is 0 Å². The molecule has 240 valence electrons. The lowest BCUT2D eigenvalue weighted by Crippen LogP contribution is -2.11. The van der Waals surface area contributed by atoms with Gasteiger partial charge in [0.15, 0.2) is 11.2 Å². The van der Waals surface area contributed by atoms with Gasteiger partial charge in [0.2, 0.25) is 5.89 Å². The molecule has 0 aliphatic rings. The molecule has 51 heavy (non-hydrogen) atoms. The first-order chi connectivity index (χ1) is 25.3. The molecule has 10 aromatic rings. The Morgan fingerprint density at radius 1 is 0.431 bits per heavy atom. The van der Waals surface area contributed by atoms with Gasteiger partial charge in [-0.05, 0) is 63.9 Å². The predicted octanol–water partition coefficient (Wildman–Crippen LogP) is 13.4. The number of para-hydroxylation sites is 2. The Morgan fingerprint density at radius 2 is 1.06 bits per heavy atom. The Morgan fingerprint density at radius 3 is 1.88 bits per heavy atom. The lowest BCUT2D eigenvalue weighted by atomic mass is 9.96. The van der Waals surface area contributed by atoms with Crippen LogP contribution in [0.4, 0.5) is 17.1 Å². The highest BCUT2D eigenvalue weighted by molar-refractivity contribution is 6.21. The number of anilines is 3. The lowest BCUT2D eigenvalue weighted by molar-refractivity contribution is 0.619. The Labute approximate surface area is 294 Å². The molecule has 0 unspecified atom stereocenters. The molecule has 0 saturated carbocycles. The average Bonchev–Trinajstić information content (AvgIpc) is 3.81. The molecule has 4 nitrogen and oxygen atoms in total. The maximum atomic E-state index is 6.82. The zero-order valence-corrected chi connectivity index (χ0v) is 27.5. The largest absolute Gasteiger partial charge is 0.454 e. The second-order valence-electron chi connectivity index (χ2n) is 12.7. The van der Waals surface area contributed by atoms with Gasteiger partial charge >= 0.3 is 0 Å². The van der Waals surface area contributed by atoms with E-state index in [1.54, 1.807) is 0 Å². The van der Waals surface area contributed by atoms with E-state index in [-0.39, 0.29) is 0 Å². The summed E-state index contributed by atoms with van der Waals surface area (Å²) in [7, 11) is 0. The number of oxazole rings is 1. The molecular formula is C47H30N2O2. The van der Waals surface area contributed by atoms with Crippen molar-refractivity contribution in [2.24, 2.45) is 0 Å². The molecule has 2 heterocycles. The molecule has 8 aromatic carbocycles. The van der Waals surface area contributed by atoms with Gasteiger partial charge in [-0.15, -0.1) is 0 Å². The van der Waals surface area contributed by atoms with Gasteiger partial charge in [0, 0.05) is 28.3 Å². The summed E-state index contributed by atoms with van der Waals surface area (Å²) in [5, 5.41) is 4.31. The minimum Gasteiger partial charge on any atom is -0.454 e. The van der Waals surface area contributed by atoms with E-state index in [0.717, 1.165) is 66.8 Å². The smallest absolute Gasteiger partial charge is 0.227 e. The Balaban J connectivity index is 1.28. The number of rotatable bonds is 6. The monoisotopic (exact) mass is 654 g/mol. The lowest BCUT2D eigenvalue weighted by Gasteiger charge is -2.28. The fourth-order valence-electron chi connectivity index (χ4n) is 7.33. The molecule has 0 fully saturated rings. The van der Waals surface area contributed by atoms with Gasteiger partial charge in [-0.1, -0.05) is 140 Å². The molecule has 0 N–H and O–H groups in total. The fraction of sp³-hybridized carbons (Fsp3) is 0. The first kappa shape index (κ1) is 29.0. The molecule has 0 radical (unpaired) electrons. The van der Waals surface area contributed by atoms with Gasteiger partial charge in [0.05, 0.1) is 16.8 Å². The second-order valence-corrected chi connectivity index (χ2v) is 12.7. The van der Waals surface area contributed by atoms with Gasteiger partial charge in [-0.3, -0.25) is 0 Å². The summed E-state index contributed by atoms with van der Waals surface area (Å²) >= 11 is 0. The van der Waals surface area contributed by atoms with Crippen molar-refractivity contribution >= 4 is 60.9 Å². The Hall–Kier alpha value is -6.91. The highest BCUT2D eigenvalue weighted by Gasteiger charge is 2.26. The van der Waals surface area contributed by atoms with E-state index >= 15 is 0 Å². The highest BCUT2D eigenvalue weighted by Crippen LogP contribution is 2.49. The third-order valence-electron chi connectivity index (χ3n) is 9.71. The molecule has 0 spiro atoms. The number of benzene rings is 8. The molecule has 0 amide bonds. The predicted molar refractivity (Wildman–Crippen MR) is 210 cm³/mol. The number of fused-ring (bicyclic) bond motifs is 6. The highest BCUT2D eigenvalue weighted by atomic mass is 16.4. The molecular weight excluding hydrogens is 625 g/mol. The van der Waals surface area contributed by atoms with E-state index in [1.165, 1.54) is 16.3 Å². The van der Waals surface area contributed by atoms with Crippen molar-refractivity contribution in [3.63, 3.8) is 0 Å². The molecule has 4 heteroatoms. The van der Waals surface area contributed by atoms with Crippen LogP contribution in [0.1, 0.15) is 0 Å². The zero-order valence-electron chi connectivity index (χ0n) is 27.5. The van der Waals surface area contributed by atoms with Crippen molar-refractivity contribution in [3.8, 4) is 33.7 Å². The Bertz CT molecular complexity index is 2850. The van der Waals surface area contributed by atoms with E-state index in [9.17, 15) is 0 Å². The van der Waals surface area contributed by atoms with Crippen molar-refractivity contribution in [2.75, 3.05) is 4.90 Å². The van der Waals surface area contributed by atoms with Gasteiger partial charge < -0.3 is 13.7 Å². The van der Waals surface area contributed by atoms with Crippen LogP contribution in [0.15, 0.2) is 191 Å². The van der Waals surface area contributed by atoms with Crippen molar-refractivity contribution in [1.82, 2.24) is 4.98 Å². The first-order valence-corrected chi connectivity index (χ1v) is 17.1. The summed E-state index contributed by atoms with van der Waals surface area (Å²) in [6.07, 6.45) is 0. The van der Waals surface area contributed by atoms with Gasteiger partial charge in [0.1, 0.15) is 11.1 Å². The third kappa shape index (κ3) is 4.88. The zero-order chi connectivity index (χ0) is 33.7.